The molecule has 4 N–H and O–H groups in total. The van der Waals surface area contributed by atoms with Gasteiger partial charge in [0.25, 0.3) is 5.79 Å². The molecule has 1 fully saturated rings. The molecule has 9 nitrogen and oxygen atoms in total. The third-order valence-electron chi connectivity index (χ3n) is 6.26. The Morgan fingerprint density at radius 1 is 0.842 bits per heavy atom. The van der Waals surface area contributed by atoms with Crippen LogP contribution in [-0.2, 0) is 43.5 Å². The van der Waals surface area contributed by atoms with Crippen LogP contribution < -0.4 is 0 Å². The Balaban J connectivity index is 1.64. The SMILES string of the molecule is CCOC1O[C@H](C(O)(OCc2ccccc2)C(O)OCc2ccccc2)[C@@](O)(OCc2ccccc2)[C@H]1O. The summed E-state index contributed by atoms with van der Waals surface area (Å²) in [6.45, 7) is 1.44. The van der Waals surface area contributed by atoms with Gasteiger partial charge in [-0.25, -0.2) is 0 Å². The van der Waals surface area contributed by atoms with Crippen molar-refractivity contribution < 1.29 is 44.1 Å². The van der Waals surface area contributed by atoms with E-state index in [9.17, 15) is 20.4 Å². The number of hydrogen-bond donors (Lipinski definition) is 4. The van der Waals surface area contributed by atoms with Crippen molar-refractivity contribution >= 4 is 0 Å². The maximum atomic E-state index is 11.8. The van der Waals surface area contributed by atoms with E-state index in [1.165, 1.54) is 0 Å². The molecule has 3 aromatic carbocycles. The second kappa shape index (κ2) is 12.9. The molecule has 1 aliphatic heterocycles. The number of aliphatic hydroxyl groups excluding tert-OH is 2. The van der Waals surface area contributed by atoms with Gasteiger partial charge in [-0.2, -0.15) is 0 Å². The largest absolute Gasteiger partial charge is 0.382 e. The summed E-state index contributed by atoms with van der Waals surface area (Å²) in [6.07, 6.45) is -6.97. The van der Waals surface area contributed by atoms with Crippen molar-refractivity contribution in [3.63, 3.8) is 0 Å². The molecule has 1 saturated heterocycles. The Hall–Kier alpha value is -2.70. The number of rotatable bonds is 13. The first kappa shape index (κ1) is 28.3. The fraction of sp³-hybridized carbons (Fsp3) is 0.379. The van der Waals surface area contributed by atoms with E-state index in [1.54, 1.807) is 67.6 Å². The Morgan fingerprint density at radius 3 is 1.87 bits per heavy atom. The van der Waals surface area contributed by atoms with Crippen LogP contribution in [0.5, 0.6) is 0 Å². The molecule has 0 aromatic heterocycles. The monoisotopic (exact) mass is 526 g/mol. The molecule has 0 saturated carbocycles. The minimum Gasteiger partial charge on any atom is -0.382 e. The molecule has 1 aliphatic rings. The average Bonchev–Trinajstić information content (AvgIpc) is 3.21. The predicted molar refractivity (Wildman–Crippen MR) is 136 cm³/mol. The Bertz CT molecular complexity index is 1100. The first-order valence-electron chi connectivity index (χ1n) is 12.5. The third-order valence-corrected chi connectivity index (χ3v) is 6.26. The summed E-state index contributed by atoms with van der Waals surface area (Å²) in [5.74, 6) is -5.24. The molecule has 38 heavy (non-hydrogen) atoms. The Kier molecular flexibility index (Phi) is 9.61. The summed E-state index contributed by atoms with van der Waals surface area (Å²) in [6, 6.07) is 26.9. The van der Waals surface area contributed by atoms with Gasteiger partial charge in [0, 0.05) is 6.61 Å². The molecule has 0 aliphatic carbocycles. The van der Waals surface area contributed by atoms with Gasteiger partial charge in [0.1, 0.15) is 0 Å². The Labute approximate surface area is 221 Å². The van der Waals surface area contributed by atoms with Crippen LogP contribution in [0.3, 0.4) is 0 Å². The van der Waals surface area contributed by atoms with Crippen LogP contribution in [0, 0.1) is 0 Å². The lowest BCUT2D eigenvalue weighted by Gasteiger charge is -2.42. The summed E-state index contributed by atoms with van der Waals surface area (Å²) in [5.41, 5.74) is 2.10. The van der Waals surface area contributed by atoms with E-state index in [2.05, 4.69) is 0 Å². The van der Waals surface area contributed by atoms with E-state index in [0.717, 1.165) is 5.56 Å². The molecule has 9 heteroatoms. The molecule has 0 amide bonds. The van der Waals surface area contributed by atoms with Gasteiger partial charge in [-0.3, -0.25) is 0 Å². The highest BCUT2D eigenvalue weighted by molar-refractivity contribution is 5.16. The quantitative estimate of drug-likeness (QED) is 0.248. The first-order chi connectivity index (χ1) is 18.4. The predicted octanol–water partition coefficient (Wildman–Crippen LogP) is 2.45. The smallest absolute Gasteiger partial charge is 0.251 e. The van der Waals surface area contributed by atoms with Crippen LogP contribution in [0.4, 0.5) is 0 Å². The van der Waals surface area contributed by atoms with E-state index in [4.69, 9.17) is 23.7 Å². The summed E-state index contributed by atoms with van der Waals surface area (Å²) in [4.78, 5) is 0. The van der Waals surface area contributed by atoms with E-state index >= 15 is 0 Å². The third kappa shape index (κ3) is 6.47. The lowest BCUT2D eigenvalue weighted by Crippen LogP contribution is -2.65. The van der Waals surface area contributed by atoms with Gasteiger partial charge in [-0.1, -0.05) is 91.0 Å². The first-order valence-corrected chi connectivity index (χ1v) is 12.5. The lowest BCUT2D eigenvalue weighted by atomic mass is 9.97. The van der Waals surface area contributed by atoms with Crippen LogP contribution >= 0.6 is 0 Å². The number of ether oxygens (including phenoxy) is 5. The van der Waals surface area contributed by atoms with Crippen LogP contribution in [0.25, 0.3) is 0 Å². The highest BCUT2D eigenvalue weighted by atomic mass is 16.8. The topological polar surface area (TPSA) is 127 Å². The maximum Gasteiger partial charge on any atom is 0.251 e. The molecule has 0 spiro atoms. The fourth-order valence-electron chi connectivity index (χ4n) is 4.20. The van der Waals surface area contributed by atoms with Crippen molar-refractivity contribution in [1.29, 1.82) is 0 Å². The van der Waals surface area contributed by atoms with E-state index in [1.807, 2.05) is 30.3 Å². The summed E-state index contributed by atoms with van der Waals surface area (Å²) in [7, 11) is 0. The van der Waals surface area contributed by atoms with E-state index < -0.39 is 36.4 Å². The van der Waals surface area contributed by atoms with Crippen molar-refractivity contribution in [3.05, 3.63) is 108 Å². The van der Waals surface area contributed by atoms with Gasteiger partial charge >= 0.3 is 0 Å². The summed E-state index contributed by atoms with van der Waals surface area (Å²) >= 11 is 0. The summed E-state index contributed by atoms with van der Waals surface area (Å²) in [5, 5.41) is 45.6. The normalized spacial score (nSPS) is 25.7. The van der Waals surface area contributed by atoms with Gasteiger partial charge < -0.3 is 44.1 Å². The highest BCUT2D eigenvalue weighted by Gasteiger charge is 2.67. The van der Waals surface area contributed by atoms with Crippen LogP contribution in [0.2, 0.25) is 0 Å². The number of aliphatic hydroxyl groups is 4. The number of hydrogen-bond acceptors (Lipinski definition) is 9. The van der Waals surface area contributed by atoms with Crippen molar-refractivity contribution in [2.75, 3.05) is 6.61 Å². The van der Waals surface area contributed by atoms with Crippen LogP contribution in [0.1, 0.15) is 23.6 Å². The molecule has 3 aromatic rings. The van der Waals surface area contributed by atoms with E-state index in [-0.39, 0.29) is 26.4 Å². The van der Waals surface area contributed by atoms with Gasteiger partial charge in [0.2, 0.25) is 12.1 Å². The average molecular weight is 527 g/mol. The van der Waals surface area contributed by atoms with E-state index in [0.29, 0.717) is 11.1 Å². The van der Waals surface area contributed by atoms with Gasteiger partial charge in [-0.05, 0) is 23.6 Å². The second-order valence-corrected chi connectivity index (χ2v) is 8.99. The highest BCUT2D eigenvalue weighted by Crippen LogP contribution is 2.42. The minimum absolute atomic E-state index is 0.0769. The molecule has 204 valence electrons. The Morgan fingerprint density at radius 2 is 1.34 bits per heavy atom. The zero-order chi connectivity index (χ0) is 27.0. The van der Waals surface area contributed by atoms with Gasteiger partial charge in [0.05, 0.1) is 19.8 Å². The summed E-state index contributed by atoms with van der Waals surface area (Å²) < 4.78 is 28.4. The molecule has 0 bridgehead atoms. The van der Waals surface area contributed by atoms with Crippen molar-refractivity contribution in [1.82, 2.24) is 0 Å². The molecule has 1 heterocycles. The fourth-order valence-corrected chi connectivity index (χ4v) is 4.20. The maximum absolute atomic E-state index is 11.8. The second-order valence-electron chi connectivity index (χ2n) is 8.99. The lowest BCUT2D eigenvalue weighted by molar-refractivity contribution is -0.404. The zero-order valence-electron chi connectivity index (χ0n) is 21.1. The molecular weight excluding hydrogens is 492 g/mol. The van der Waals surface area contributed by atoms with Crippen LogP contribution in [-0.4, -0.2) is 63.4 Å². The molecule has 0 radical (unpaired) electrons. The standard InChI is InChI=1S/C29H34O9/c1-2-34-25-24(30)28(32,36-19-22-14-8-4-9-15-22)26(38-25)29(33,37-20-23-16-10-5-11-17-23)27(31)35-18-21-12-6-3-7-13-21/h3-17,24-27,30-33H,2,18-20H2,1H3/t24-,25?,26-,27?,28-,29?/m0/s1. The molecule has 6 atom stereocenters. The van der Waals surface area contributed by atoms with Gasteiger partial charge in [0.15, 0.2) is 18.5 Å². The van der Waals surface area contributed by atoms with Gasteiger partial charge in [-0.15, -0.1) is 0 Å². The number of benzene rings is 3. The van der Waals surface area contributed by atoms with Crippen molar-refractivity contribution in [2.24, 2.45) is 0 Å². The molecular formula is C29H34O9. The minimum atomic E-state index is -2.69. The molecule has 4 rings (SSSR count). The van der Waals surface area contributed by atoms with Crippen molar-refractivity contribution in [2.45, 2.75) is 63.1 Å². The molecule has 3 unspecified atom stereocenters. The van der Waals surface area contributed by atoms with Crippen molar-refractivity contribution in [3.8, 4) is 0 Å². The zero-order valence-corrected chi connectivity index (χ0v) is 21.1. The van der Waals surface area contributed by atoms with Crippen LogP contribution in [0.15, 0.2) is 91.0 Å².